The van der Waals surface area contributed by atoms with Gasteiger partial charge < -0.3 is 14.2 Å². The van der Waals surface area contributed by atoms with Crippen LogP contribution in [0.2, 0.25) is 0 Å². The van der Waals surface area contributed by atoms with Gasteiger partial charge in [0.15, 0.2) is 0 Å². The van der Waals surface area contributed by atoms with Gasteiger partial charge >= 0.3 is 12.3 Å². The molecule has 0 amide bonds. The zero-order valence-corrected chi connectivity index (χ0v) is 10.6. The van der Waals surface area contributed by atoms with Crippen molar-refractivity contribution in [2.75, 3.05) is 13.7 Å². The number of rotatable bonds is 5. The first-order chi connectivity index (χ1) is 9.34. The van der Waals surface area contributed by atoms with E-state index >= 15 is 0 Å². The molecular formula is C11H11F4NO4. The van der Waals surface area contributed by atoms with Crippen LogP contribution in [-0.4, -0.2) is 31.0 Å². The summed E-state index contributed by atoms with van der Waals surface area (Å²) in [6.07, 6.45) is -4.21. The zero-order valence-electron chi connectivity index (χ0n) is 10.6. The molecular weight excluding hydrogens is 286 g/mol. The van der Waals surface area contributed by atoms with E-state index in [9.17, 15) is 22.4 Å². The summed E-state index contributed by atoms with van der Waals surface area (Å²) in [5.41, 5.74) is -1.08. The molecule has 20 heavy (non-hydrogen) atoms. The maximum absolute atomic E-state index is 12.8. The molecule has 112 valence electrons. The van der Waals surface area contributed by atoms with Gasteiger partial charge in [-0.2, -0.15) is 0 Å². The number of methoxy groups -OCH3 is 1. The highest BCUT2D eigenvalue weighted by Crippen LogP contribution is 2.36. The molecule has 1 rings (SSSR count). The minimum atomic E-state index is -5.09. The van der Waals surface area contributed by atoms with Crippen LogP contribution in [0.5, 0.6) is 11.6 Å². The number of esters is 1. The summed E-state index contributed by atoms with van der Waals surface area (Å²) in [7, 11) is 1.04. The average Bonchev–Trinajstić information content (AvgIpc) is 2.36. The fraction of sp³-hybridized carbons (Fsp3) is 0.455. The first-order valence-electron chi connectivity index (χ1n) is 5.38. The van der Waals surface area contributed by atoms with Gasteiger partial charge in [0.2, 0.25) is 5.75 Å². The number of aromatic nitrogens is 1. The van der Waals surface area contributed by atoms with Crippen molar-refractivity contribution < 1.29 is 36.6 Å². The Morgan fingerprint density at radius 3 is 2.50 bits per heavy atom. The van der Waals surface area contributed by atoms with Gasteiger partial charge in [0.05, 0.1) is 13.7 Å². The van der Waals surface area contributed by atoms with Gasteiger partial charge in [-0.25, -0.2) is 14.2 Å². The molecule has 0 spiro atoms. The van der Waals surface area contributed by atoms with E-state index in [2.05, 4.69) is 19.2 Å². The maximum atomic E-state index is 12.8. The quantitative estimate of drug-likeness (QED) is 0.617. The first-order valence-corrected chi connectivity index (χ1v) is 5.38. The van der Waals surface area contributed by atoms with Crippen molar-refractivity contribution in [1.29, 1.82) is 0 Å². The Kier molecular flexibility index (Phi) is 5.12. The number of carbonyl (C=O) groups excluding carboxylic acids is 1. The van der Waals surface area contributed by atoms with E-state index in [0.29, 0.717) is 0 Å². The summed E-state index contributed by atoms with van der Waals surface area (Å²) in [5, 5.41) is 0. The normalized spacial score (nSPS) is 11.1. The van der Waals surface area contributed by atoms with Crippen LogP contribution in [0.25, 0.3) is 0 Å². The van der Waals surface area contributed by atoms with Crippen LogP contribution in [0.15, 0.2) is 6.20 Å². The predicted octanol–water partition coefficient (Wildman–Crippen LogP) is 2.64. The smallest absolute Gasteiger partial charge is 0.478 e. The third kappa shape index (κ3) is 3.72. The molecule has 9 heteroatoms. The predicted molar refractivity (Wildman–Crippen MR) is 58.2 cm³/mol. The van der Waals surface area contributed by atoms with Crippen LogP contribution >= 0.6 is 0 Å². The Balaban J connectivity index is 3.43. The van der Waals surface area contributed by atoms with E-state index in [1.807, 2.05) is 0 Å². The van der Waals surface area contributed by atoms with Crippen molar-refractivity contribution in [2.24, 2.45) is 0 Å². The van der Waals surface area contributed by atoms with Crippen LogP contribution in [-0.2, 0) is 11.4 Å². The Bertz CT molecular complexity index is 490. The Labute approximate surface area is 111 Å². The molecule has 0 aromatic carbocycles. The number of alkyl halides is 4. The number of carbonyl (C=O) groups is 1. The van der Waals surface area contributed by atoms with Gasteiger partial charge in [0.1, 0.15) is 12.2 Å². The van der Waals surface area contributed by atoms with Crippen molar-refractivity contribution in [3.8, 4) is 11.6 Å². The summed E-state index contributed by atoms with van der Waals surface area (Å²) in [6, 6.07) is 0. The molecule has 0 atom stereocenters. The summed E-state index contributed by atoms with van der Waals surface area (Å²) < 4.78 is 62.8. The second-order valence-corrected chi connectivity index (χ2v) is 3.40. The minimum absolute atomic E-state index is 0.0966. The van der Waals surface area contributed by atoms with Crippen molar-refractivity contribution in [3.05, 3.63) is 17.3 Å². The zero-order chi connectivity index (χ0) is 15.3. The SMILES string of the molecule is CCOC(=O)c1c(CF)cnc(OC)c1OC(F)(F)F. The van der Waals surface area contributed by atoms with E-state index < -0.39 is 36.2 Å². The molecule has 0 saturated carbocycles. The number of hydrogen-bond acceptors (Lipinski definition) is 5. The number of halogens is 4. The molecule has 0 aliphatic heterocycles. The molecule has 1 heterocycles. The lowest BCUT2D eigenvalue weighted by Crippen LogP contribution is -2.21. The Morgan fingerprint density at radius 1 is 1.40 bits per heavy atom. The highest BCUT2D eigenvalue weighted by molar-refractivity contribution is 5.94. The largest absolute Gasteiger partial charge is 0.573 e. The van der Waals surface area contributed by atoms with Crippen LogP contribution in [0.4, 0.5) is 17.6 Å². The standard InChI is InChI=1S/C11H11F4NO4/c1-3-19-10(17)7-6(4-12)5-16-9(18-2)8(7)20-11(13,14)15/h5H,3-4H2,1-2H3. The Hall–Kier alpha value is -2.06. The number of pyridine rings is 1. The number of ether oxygens (including phenoxy) is 3. The van der Waals surface area contributed by atoms with Gasteiger partial charge in [-0.15, -0.1) is 13.2 Å². The number of nitrogens with zero attached hydrogens (tertiary/aromatic N) is 1. The second kappa shape index (κ2) is 6.40. The van der Waals surface area contributed by atoms with Crippen LogP contribution in [0.3, 0.4) is 0 Å². The topological polar surface area (TPSA) is 57.7 Å². The lowest BCUT2D eigenvalue weighted by Gasteiger charge is -2.16. The fourth-order valence-electron chi connectivity index (χ4n) is 1.40. The molecule has 1 aromatic heterocycles. The third-order valence-electron chi connectivity index (χ3n) is 2.11. The monoisotopic (exact) mass is 297 g/mol. The number of hydrogen-bond donors (Lipinski definition) is 0. The summed E-state index contributed by atoms with van der Waals surface area (Å²) in [4.78, 5) is 15.1. The molecule has 1 aromatic rings. The lowest BCUT2D eigenvalue weighted by molar-refractivity contribution is -0.275. The maximum Gasteiger partial charge on any atom is 0.573 e. The van der Waals surface area contributed by atoms with E-state index in [1.54, 1.807) is 0 Å². The van der Waals surface area contributed by atoms with E-state index in [0.717, 1.165) is 13.3 Å². The minimum Gasteiger partial charge on any atom is -0.478 e. The highest BCUT2D eigenvalue weighted by Gasteiger charge is 2.36. The molecule has 0 bridgehead atoms. The highest BCUT2D eigenvalue weighted by atomic mass is 19.4. The van der Waals surface area contributed by atoms with Gasteiger partial charge in [0, 0.05) is 11.8 Å². The molecule has 5 nitrogen and oxygen atoms in total. The van der Waals surface area contributed by atoms with Gasteiger partial charge in [0.25, 0.3) is 5.88 Å². The van der Waals surface area contributed by atoms with Crippen LogP contribution in [0.1, 0.15) is 22.8 Å². The van der Waals surface area contributed by atoms with Crippen LogP contribution in [0, 0.1) is 0 Å². The second-order valence-electron chi connectivity index (χ2n) is 3.40. The van der Waals surface area contributed by atoms with Gasteiger partial charge in [-0.3, -0.25) is 0 Å². The van der Waals surface area contributed by atoms with Gasteiger partial charge in [-0.05, 0) is 6.92 Å². The summed E-state index contributed by atoms with van der Waals surface area (Å²) in [6.45, 7) is 0.149. The first kappa shape index (κ1) is 16.0. The summed E-state index contributed by atoms with van der Waals surface area (Å²) >= 11 is 0. The van der Waals surface area contributed by atoms with Crippen molar-refractivity contribution >= 4 is 5.97 Å². The lowest BCUT2D eigenvalue weighted by atomic mass is 10.1. The van der Waals surface area contributed by atoms with E-state index in [-0.39, 0.29) is 12.2 Å². The fourth-order valence-corrected chi connectivity index (χ4v) is 1.40. The molecule has 0 saturated heterocycles. The van der Waals surface area contributed by atoms with E-state index in [1.165, 1.54) is 6.92 Å². The molecule has 0 unspecified atom stereocenters. The van der Waals surface area contributed by atoms with Gasteiger partial charge in [-0.1, -0.05) is 0 Å². The van der Waals surface area contributed by atoms with Crippen molar-refractivity contribution in [2.45, 2.75) is 20.0 Å². The molecule has 0 aliphatic carbocycles. The van der Waals surface area contributed by atoms with Crippen molar-refractivity contribution in [3.63, 3.8) is 0 Å². The molecule has 0 radical (unpaired) electrons. The van der Waals surface area contributed by atoms with Crippen LogP contribution < -0.4 is 9.47 Å². The molecule has 0 aliphatic rings. The molecule has 0 N–H and O–H groups in total. The van der Waals surface area contributed by atoms with E-state index in [4.69, 9.17) is 0 Å². The van der Waals surface area contributed by atoms with Crippen molar-refractivity contribution in [1.82, 2.24) is 4.98 Å². The molecule has 0 fully saturated rings. The Morgan fingerprint density at radius 2 is 2.05 bits per heavy atom. The summed E-state index contributed by atoms with van der Waals surface area (Å²) in [5.74, 6) is -2.77. The average molecular weight is 297 g/mol. The third-order valence-corrected chi connectivity index (χ3v) is 2.11.